The number of carbonyl (C=O) groups excluding carboxylic acids is 2. The Labute approximate surface area is 145 Å². The second kappa shape index (κ2) is 6.89. The van der Waals surface area contributed by atoms with E-state index < -0.39 is 12.1 Å². The summed E-state index contributed by atoms with van der Waals surface area (Å²) in [5, 5.41) is 0. The van der Waals surface area contributed by atoms with Crippen LogP contribution in [0.2, 0.25) is 0 Å². The van der Waals surface area contributed by atoms with Crippen LogP contribution >= 0.6 is 11.3 Å². The van der Waals surface area contributed by atoms with Crippen LogP contribution in [0, 0.1) is 0 Å². The molecule has 6 heteroatoms. The summed E-state index contributed by atoms with van der Waals surface area (Å²) in [6.45, 7) is 5.76. The van der Waals surface area contributed by atoms with Gasteiger partial charge in [-0.05, 0) is 58.2 Å². The minimum Gasteiger partial charge on any atom is -0.449 e. The first-order valence-electron chi connectivity index (χ1n) is 8.33. The Hall–Kier alpha value is -1.95. The smallest absolute Gasteiger partial charge is 0.338 e. The van der Waals surface area contributed by atoms with E-state index in [9.17, 15) is 9.59 Å². The molecule has 3 rings (SSSR count). The Balaban J connectivity index is 1.69. The van der Waals surface area contributed by atoms with Crippen molar-refractivity contribution in [1.29, 1.82) is 0 Å². The van der Waals surface area contributed by atoms with E-state index in [1.807, 2.05) is 4.90 Å². The van der Waals surface area contributed by atoms with Crippen molar-refractivity contribution in [3.05, 3.63) is 29.3 Å². The van der Waals surface area contributed by atoms with Gasteiger partial charge in [0.2, 0.25) is 0 Å². The Morgan fingerprint density at radius 3 is 2.71 bits per heavy atom. The quantitative estimate of drug-likeness (QED) is 0.796. The summed E-state index contributed by atoms with van der Waals surface area (Å²) < 4.78 is 6.36. The number of ether oxygens (including phenoxy) is 1. The van der Waals surface area contributed by atoms with Gasteiger partial charge < -0.3 is 9.64 Å². The van der Waals surface area contributed by atoms with E-state index in [4.69, 9.17) is 4.74 Å². The van der Waals surface area contributed by atoms with Crippen molar-refractivity contribution in [1.82, 2.24) is 9.88 Å². The molecule has 3 atom stereocenters. The number of benzene rings is 1. The Morgan fingerprint density at radius 1 is 1.29 bits per heavy atom. The number of rotatable bonds is 3. The first kappa shape index (κ1) is 16.9. The molecule has 1 fully saturated rings. The molecule has 1 saturated heterocycles. The van der Waals surface area contributed by atoms with Crippen molar-refractivity contribution in [2.75, 3.05) is 0 Å². The first-order valence-corrected chi connectivity index (χ1v) is 9.21. The lowest BCUT2D eigenvalue weighted by Crippen LogP contribution is -2.51. The van der Waals surface area contributed by atoms with Crippen LogP contribution in [0.4, 0.5) is 0 Å². The van der Waals surface area contributed by atoms with E-state index in [2.05, 4.69) is 18.8 Å². The highest BCUT2D eigenvalue weighted by Gasteiger charge is 2.33. The summed E-state index contributed by atoms with van der Waals surface area (Å²) in [5.74, 6) is -0.578. The van der Waals surface area contributed by atoms with Gasteiger partial charge >= 0.3 is 5.97 Å². The summed E-state index contributed by atoms with van der Waals surface area (Å²) >= 11 is 1.47. The Kier molecular flexibility index (Phi) is 4.85. The molecular formula is C18H22N2O3S. The van der Waals surface area contributed by atoms with E-state index in [0.29, 0.717) is 5.56 Å². The van der Waals surface area contributed by atoms with Crippen LogP contribution in [-0.4, -0.2) is 39.9 Å². The van der Waals surface area contributed by atoms with Gasteiger partial charge in [0, 0.05) is 12.1 Å². The monoisotopic (exact) mass is 346 g/mol. The van der Waals surface area contributed by atoms with Crippen LogP contribution in [0.1, 0.15) is 50.4 Å². The SMILES string of the molecule is C[C@@H]1CCC[C@@H](C)N1C(=O)[C@@H](C)OC(=O)c1ccc2ncsc2c1. The van der Waals surface area contributed by atoms with Crippen LogP contribution in [-0.2, 0) is 9.53 Å². The second-order valence-electron chi connectivity index (χ2n) is 6.46. The van der Waals surface area contributed by atoms with Gasteiger partial charge in [-0.25, -0.2) is 9.78 Å². The Bertz CT molecular complexity index is 748. The Morgan fingerprint density at radius 2 is 2.00 bits per heavy atom. The molecule has 1 aliphatic heterocycles. The first-order chi connectivity index (χ1) is 11.5. The highest BCUT2D eigenvalue weighted by Crippen LogP contribution is 2.24. The van der Waals surface area contributed by atoms with Gasteiger partial charge in [-0.1, -0.05) is 0 Å². The molecule has 1 aromatic carbocycles. The van der Waals surface area contributed by atoms with E-state index in [1.54, 1.807) is 30.6 Å². The van der Waals surface area contributed by atoms with Crippen molar-refractivity contribution < 1.29 is 14.3 Å². The average molecular weight is 346 g/mol. The number of amides is 1. The number of nitrogens with zero attached hydrogens (tertiary/aromatic N) is 2. The van der Waals surface area contributed by atoms with Crippen LogP contribution in [0.3, 0.4) is 0 Å². The lowest BCUT2D eigenvalue weighted by Gasteiger charge is -2.40. The van der Waals surface area contributed by atoms with Crippen molar-refractivity contribution >= 4 is 33.4 Å². The molecule has 2 heterocycles. The predicted octanol–water partition coefficient (Wildman–Crippen LogP) is 3.63. The van der Waals surface area contributed by atoms with Crippen molar-refractivity contribution in [3.63, 3.8) is 0 Å². The van der Waals surface area contributed by atoms with Crippen LogP contribution in [0.5, 0.6) is 0 Å². The summed E-state index contributed by atoms with van der Waals surface area (Å²) in [7, 11) is 0. The van der Waals surface area contributed by atoms with Crippen LogP contribution in [0.25, 0.3) is 10.2 Å². The molecule has 0 N–H and O–H groups in total. The molecule has 24 heavy (non-hydrogen) atoms. The summed E-state index contributed by atoms with van der Waals surface area (Å²) in [6.07, 6.45) is 2.35. The minimum absolute atomic E-state index is 0.109. The summed E-state index contributed by atoms with van der Waals surface area (Å²) in [4.78, 5) is 31.1. The number of fused-ring (bicyclic) bond motifs is 1. The number of carbonyl (C=O) groups is 2. The zero-order valence-electron chi connectivity index (χ0n) is 14.2. The molecule has 0 unspecified atom stereocenters. The van der Waals surface area contributed by atoms with E-state index in [0.717, 1.165) is 29.5 Å². The molecule has 1 amide bonds. The molecule has 0 aliphatic carbocycles. The molecule has 5 nitrogen and oxygen atoms in total. The summed E-state index contributed by atoms with van der Waals surface area (Å²) in [5.41, 5.74) is 3.05. The van der Waals surface area contributed by atoms with E-state index in [1.165, 1.54) is 11.3 Å². The molecule has 128 valence electrons. The normalized spacial score (nSPS) is 22.4. The number of hydrogen-bond acceptors (Lipinski definition) is 5. The third-order valence-corrected chi connectivity index (χ3v) is 5.44. The number of esters is 1. The van der Waals surface area contributed by atoms with E-state index in [-0.39, 0.29) is 18.0 Å². The lowest BCUT2D eigenvalue weighted by molar-refractivity contribution is -0.146. The van der Waals surface area contributed by atoms with Gasteiger partial charge in [0.05, 0.1) is 21.3 Å². The summed E-state index contributed by atoms with van der Waals surface area (Å²) in [6, 6.07) is 5.63. The standard InChI is InChI=1S/C18H22N2O3S/c1-11-5-4-6-12(2)20(11)17(21)13(3)23-18(22)14-7-8-15-16(9-14)24-10-19-15/h7-13H,4-6H2,1-3H3/t11-,12-,13-/m1/s1. The highest BCUT2D eigenvalue weighted by molar-refractivity contribution is 7.16. The number of thiazole rings is 1. The maximum absolute atomic E-state index is 12.7. The zero-order valence-corrected chi connectivity index (χ0v) is 15.0. The largest absolute Gasteiger partial charge is 0.449 e. The van der Waals surface area contributed by atoms with Crippen molar-refractivity contribution in [3.8, 4) is 0 Å². The van der Waals surface area contributed by atoms with Gasteiger partial charge in [-0.3, -0.25) is 4.79 Å². The maximum Gasteiger partial charge on any atom is 0.338 e. The minimum atomic E-state index is -0.780. The number of likely N-dealkylation sites (tertiary alicyclic amines) is 1. The fraction of sp³-hybridized carbons (Fsp3) is 0.500. The fourth-order valence-electron chi connectivity index (χ4n) is 3.33. The average Bonchev–Trinajstić information content (AvgIpc) is 3.01. The maximum atomic E-state index is 12.7. The van der Waals surface area contributed by atoms with Gasteiger partial charge in [0.25, 0.3) is 5.91 Å². The molecule has 1 aromatic heterocycles. The molecule has 0 bridgehead atoms. The molecular weight excluding hydrogens is 324 g/mol. The van der Waals surface area contributed by atoms with Gasteiger partial charge in [0.1, 0.15) is 0 Å². The fourth-order valence-corrected chi connectivity index (χ4v) is 4.04. The molecule has 1 aliphatic rings. The van der Waals surface area contributed by atoms with Gasteiger partial charge in [0.15, 0.2) is 6.10 Å². The topological polar surface area (TPSA) is 59.5 Å². The zero-order chi connectivity index (χ0) is 17.3. The number of piperidine rings is 1. The molecule has 2 aromatic rings. The highest BCUT2D eigenvalue weighted by atomic mass is 32.1. The molecule has 0 saturated carbocycles. The van der Waals surface area contributed by atoms with Gasteiger partial charge in [-0.2, -0.15) is 0 Å². The molecule has 0 spiro atoms. The third kappa shape index (κ3) is 3.29. The van der Waals surface area contributed by atoms with Crippen LogP contribution in [0.15, 0.2) is 23.7 Å². The number of hydrogen-bond donors (Lipinski definition) is 0. The van der Waals surface area contributed by atoms with Crippen molar-refractivity contribution in [2.24, 2.45) is 0 Å². The third-order valence-electron chi connectivity index (χ3n) is 4.65. The molecule has 0 radical (unpaired) electrons. The lowest BCUT2D eigenvalue weighted by atomic mass is 9.97. The number of aromatic nitrogens is 1. The van der Waals surface area contributed by atoms with Crippen molar-refractivity contribution in [2.45, 2.75) is 58.2 Å². The van der Waals surface area contributed by atoms with E-state index >= 15 is 0 Å². The van der Waals surface area contributed by atoms with Gasteiger partial charge in [-0.15, -0.1) is 11.3 Å². The predicted molar refractivity (Wildman–Crippen MR) is 94.1 cm³/mol. The second-order valence-corrected chi connectivity index (χ2v) is 7.34. The van der Waals surface area contributed by atoms with Crippen LogP contribution < -0.4 is 0 Å².